The van der Waals surface area contributed by atoms with Crippen LogP contribution >= 0.6 is 0 Å². The summed E-state index contributed by atoms with van der Waals surface area (Å²) in [5.41, 5.74) is 1.68. The zero-order valence-corrected chi connectivity index (χ0v) is 10.2. The van der Waals surface area contributed by atoms with E-state index in [0.717, 1.165) is 17.8 Å². The van der Waals surface area contributed by atoms with E-state index in [1.165, 1.54) is 0 Å². The second kappa shape index (κ2) is 5.31. The van der Waals surface area contributed by atoms with E-state index in [4.69, 9.17) is 0 Å². The van der Waals surface area contributed by atoms with E-state index in [1.54, 1.807) is 6.92 Å². The minimum atomic E-state index is -0.0990. The number of nitrogens with zero attached hydrogens (tertiary/aromatic N) is 1. The number of carbonyl (C=O) groups excluding carboxylic acids is 1. The first-order chi connectivity index (χ1) is 8.83. The fourth-order valence-corrected chi connectivity index (χ4v) is 1.93. The standard InChI is InChI=1S/C16H14NO/c1-2-13-17(14-18,15-9-5-3-6-10-15)16-11-7-4-8-12-16/h3-12,14H,1H3/q+1. The van der Waals surface area contributed by atoms with Crippen LogP contribution in [0.5, 0.6) is 0 Å². The Balaban J connectivity index is 2.68. The lowest BCUT2D eigenvalue weighted by atomic mass is 10.2. The second-order valence-corrected chi connectivity index (χ2v) is 3.86. The molecule has 2 heteroatoms. The van der Waals surface area contributed by atoms with Gasteiger partial charge in [0.15, 0.2) is 17.4 Å². The van der Waals surface area contributed by atoms with Crippen molar-refractivity contribution in [1.82, 2.24) is 4.48 Å². The van der Waals surface area contributed by atoms with Crippen molar-refractivity contribution in [2.24, 2.45) is 0 Å². The summed E-state index contributed by atoms with van der Waals surface area (Å²) in [5, 5.41) is 0. The van der Waals surface area contributed by atoms with Gasteiger partial charge in [-0.15, -0.1) is 4.48 Å². The van der Waals surface area contributed by atoms with E-state index in [1.807, 2.05) is 60.7 Å². The van der Waals surface area contributed by atoms with E-state index in [0.29, 0.717) is 0 Å². The Morgan fingerprint density at radius 3 is 1.67 bits per heavy atom. The highest BCUT2D eigenvalue weighted by Crippen LogP contribution is 2.31. The van der Waals surface area contributed by atoms with Crippen molar-refractivity contribution < 1.29 is 4.79 Å². The summed E-state index contributed by atoms with van der Waals surface area (Å²) in [7, 11) is 0. The number of hydrogen-bond acceptors (Lipinski definition) is 1. The number of rotatable bonds is 3. The molecule has 2 rings (SSSR count). The fraction of sp³-hybridized carbons (Fsp3) is 0.0625. The zero-order valence-electron chi connectivity index (χ0n) is 10.2. The Kier molecular flexibility index (Phi) is 3.57. The van der Waals surface area contributed by atoms with Crippen LogP contribution in [0.25, 0.3) is 0 Å². The Labute approximate surface area is 107 Å². The third kappa shape index (κ3) is 2.04. The summed E-state index contributed by atoms with van der Waals surface area (Å²) in [4.78, 5) is 11.7. The van der Waals surface area contributed by atoms with Crippen LogP contribution in [0, 0.1) is 12.0 Å². The fourth-order valence-electron chi connectivity index (χ4n) is 1.93. The maximum Gasteiger partial charge on any atom is 0.324 e. The van der Waals surface area contributed by atoms with Crippen molar-refractivity contribution in [3.8, 4) is 12.0 Å². The summed E-state index contributed by atoms with van der Waals surface area (Å²) in [6.07, 6.45) is 0.862. The van der Waals surface area contributed by atoms with E-state index < -0.39 is 0 Å². The lowest BCUT2D eigenvalue weighted by Gasteiger charge is -2.23. The molecule has 0 aliphatic carbocycles. The van der Waals surface area contributed by atoms with Gasteiger partial charge in [0.2, 0.25) is 0 Å². The molecule has 2 nitrogen and oxygen atoms in total. The minimum Gasteiger partial charge on any atom is -0.232 e. The van der Waals surface area contributed by atoms with Crippen LogP contribution in [0.4, 0.5) is 11.4 Å². The number of carbonyl (C=O) groups is 1. The summed E-state index contributed by atoms with van der Waals surface area (Å²) >= 11 is 0. The average Bonchev–Trinajstić information content (AvgIpc) is 2.47. The molecule has 0 fully saturated rings. The zero-order chi connectivity index (χ0) is 12.8. The Bertz CT molecular complexity index is 539. The normalized spacial score (nSPS) is 10.3. The third-order valence-corrected chi connectivity index (χ3v) is 2.77. The molecule has 1 amide bonds. The van der Waals surface area contributed by atoms with Gasteiger partial charge < -0.3 is 0 Å². The van der Waals surface area contributed by atoms with Crippen molar-refractivity contribution in [1.29, 1.82) is 0 Å². The minimum absolute atomic E-state index is 0.0990. The highest BCUT2D eigenvalue weighted by atomic mass is 16.1. The molecule has 0 N–H and O–H groups in total. The first-order valence-electron chi connectivity index (χ1n) is 5.74. The van der Waals surface area contributed by atoms with E-state index >= 15 is 0 Å². The molecule has 0 saturated carbocycles. The summed E-state index contributed by atoms with van der Waals surface area (Å²) < 4.78 is -0.0990. The van der Waals surface area contributed by atoms with Gasteiger partial charge in [0.05, 0.1) is 0 Å². The maximum absolute atomic E-state index is 11.7. The second-order valence-electron chi connectivity index (χ2n) is 3.86. The molecule has 0 saturated heterocycles. The number of hydrogen-bond donors (Lipinski definition) is 0. The SMILES string of the molecule is CC#C[N+](C=O)(c1ccccc1)c1ccccc1. The van der Waals surface area contributed by atoms with Gasteiger partial charge in [-0.25, -0.2) is 4.79 Å². The van der Waals surface area contributed by atoms with E-state index in [-0.39, 0.29) is 4.48 Å². The Morgan fingerprint density at radius 1 is 0.889 bits per heavy atom. The predicted octanol–water partition coefficient (Wildman–Crippen LogP) is 3.46. The van der Waals surface area contributed by atoms with Crippen LogP contribution in [-0.2, 0) is 4.79 Å². The summed E-state index contributed by atoms with van der Waals surface area (Å²) in [6.45, 7) is 1.74. The van der Waals surface area contributed by atoms with Gasteiger partial charge in [-0.1, -0.05) is 36.4 Å². The molecular formula is C16H14NO+. The molecule has 0 aliphatic rings. The Morgan fingerprint density at radius 2 is 1.33 bits per heavy atom. The van der Waals surface area contributed by atoms with Gasteiger partial charge in [-0.3, -0.25) is 0 Å². The molecule has 2 aromatic carbocycles. The molecule has 18 heavy (non-hydrogen) atoms. The molecule has 0 unspecified atom stereocenters. The van der Waals surface area contributed by atoms with Crippen LogP contribution in [0.2, 0.25) is 0 Å². The predicted molar refractivity (Wildman–Crippen MR) is 73.9 cm³/mol. The highest BCUT2D eigenvalue weighted by Gasteiger charge is 2.32. The van der Waals surface area contributed by atoms with Gasteiger partial charge >= 0.3 is 6.41 Å². The van der Waals surface area contributed by atoms with Crippen molar-refractivity contribution in [2.45, 2.75) is 6.92 Å². The van der Waals surface area contributed by atoms with Gasteiger partial charge in [-0.05, 0) is 5.92 Å². The topological polar surface area (TPSA) is 17.1 Å². The first-order valence-corrected chi connectivity index (χ1v) is 5.74. The molecule has 88 valence electrons. The molecular weight excluding hydrogens is 222 g/mol. The van der Waals surface area contributed by atoms with Gasteiger partial charge in [0.25, 0.3) is 0 Å². The van der Waals surface area contributed by atoms with Crippen LogP contribution in [0.3, 0.4) is 0 Å². The number of benzene rings is 2. The summed E-state index contributed by atoms with van der Waals surface area (Å²) in [5.74, 6) is 2.85. The molecule has 0 bridgehead atoms. The van der Waals surface area contributed by atoms with Crippen LogP contribution < -0.4 is 4.48 Å². The molecule has 0 atom stereocenters. The quantitative estimate of drug-likeness (QED) is 0.453. The molecule has 0 spiro atoms. The van der Waals surface area contributed by atoms with Crippen LogP contribution in [0.15, 0.2) is 60.7 Å². The van der Waals surface area contributed by atoms with E-state index in [2.05, 4.69) is 12.0 Å². The van der Waals surface area contributed by atoms with Crippen LogP contribution in [-0.4, -0.2) is 6.41 Å². The molecule has 2 aromatic rings. The Hall–Kier alpha value is -2.37. The molecule has 0 aromatic heterocycles. The third-order valence-electron chi connectivity index (χ3n) is 2.77. The molecule has 0 heterocycles. The molecule has 0 aliphatic heterocycles. The van der Waals surface area contributed by atoms with Crippen LogP contribution in [0.1, 0.15) is 6.92 Å². The van der Waals surface area contributed by atoms with Gasteiger partial charge in [0.1, 0.15) is 0 Å². The van der Waals surface area contributed by atoms with Crippen molar-refractivity contribution in [2.75, 3.05) is 0 Å². The number of para-hydroxylation sites is 2. The number of quaternary nitrogens is 1. The van der Waals surface area contributed by atoms with Gasteiger partial charge in [-0.2, -0.15) is 0 Å². The summed E-state index contributed by atoms with van der Waals surface area (Å²) in [6, 6.07) is 22.1. The highest BCUT2D eigenvalue weighted by molar-refractivity contribution is 5.84. The van der Waals surface area contributed by atoms with Gasteiger partial charge in [0, 0.05) is 31.2 Å². The van der Waals surface area contributed by atoms with E-state index in [9.17, 15) is 4.79 Å². The lowest BCUT2D eigenvalue weighted by Crippen LogP contribution is -2.37. The lowest BCUT2D eigenvalue weighted by molar-refractivity contribution is -0.113. The number of amides is 1. The molecule has 0 radical (unpaired) electrons. The monoisotopic (exact) mass is 236 g/mol. The largest absolute Gasteiger partial charge is 0.324 e. The van der Waals surface area contributed by atoms with Crippen molar-refractivity contribution in [3.63, 3.8) is 0 Å². The maximum atomic E-state index is 11.7. The van der Waals surface area contributed by atoms with Crippen molar-refractivity contribution >= 4 is 17.8 Å². The van der Waals surface area contributed by atoms with Crippen molar-refractivity contribution in [3.05, 3.63) is 60.7 Å². The average molecular weight is 236 g/mol. The smallest absolute Gasteiger partial charge is 0.232 e. The first kappa shape index (κ1) is 12.1.